The number of halogens is 1. The van der Waals surface area contributed by atoms with Gasteiger partial charge in [-0.1, -0.05) is 44.2 Å². The molecule has 9 heteroatoms. The van der Waals surface area contributed by atoms with E-state index in [2.05, 4.69) is 34.1 Å². The summed E-state index contributed by atoms with van der Waals surface area (Å²) in [5.41, 5.74) is 6.37. The number of hydrogen-bond donors (Lipinski definition) is 4. The van der Waals surface area contributed by atoms with E-state index >= 15 is 0 Å². The van der Waals surface area contributed by atoms with Crippen molar-refractivity contribution in [3.8, 4) is 0 Å². The van der Waals surface area contributed by atoms with Crippen molar-refractivity contribution >= 4 is 29.8 Å². The lowest BCUT2D eigenvalue weighted by Crippen LogP contribution is -2.54. The lowest BCUT2D eigenvalue weighted by molar-refractivity contribution is -0.136. The van der Waals surface area contributed by atoms with Crippen LogP contribution < -0.4 is 21.7 Å². The standard InChI is InChI=1S/C21H33ClN4O4/c1-15(2)11-13-24-19(27)18(14-16-8-4-3-5-9-16)26-21(29)25-17(20(28)30-22)10-6-7-12-23/h3-5,8-9,15,17-18H,6-7,10-14,23H2,1-2H3,(H,24,27)(H2,25,26,29)/t17-,18+/m0/s1. The van der Waals surface area contributed by atoms with Gasteiger partial charge in [-0.15, -0.1) is 0 Å². The van der Waals surface area contributed by atoms with Crippen LogP contribution in [0.25, 0.3) is 0 Å². The fraction of sp³-hybridized carbons (Fsp3) is 0.571. The average Bonchev–Trinajstić information content (AvgIpc) is 2.72. The molecule has 0 aliphatic heterocycles. The van der Waals surface area contributed by atoms with Gasteiger partial charge >= 0.3 is 12.0 Å². The number of hydrogen-bond acceptors (Lipinski definition) is 5. The predicted molar refractivity (Wildman–Crippen MR) is 117 cm³/mol. The van der Waals surface area contributed by atoms with Crippen molar-refractivity contribution in [2.45, 2.75) is 58.0 Å². The van der Waals surface area contributed by atoms with E-state index in [4.69, 9.17) is 17.6 Å². The van der Waals surface area contributed by atoms with E-state index in [-0.39, 0.29) is 5.91 Å². The number of amides is 3. The summed E-state index contributed by atoms with van der Waals surface area (Å²) >= 11 is 5.18. The molecule has 0 heterocycles. The highest BCUT2D eigenvalue weighted by Crippen LogP contribution is 2.06. The van der Waals surface area contributed by atoms with Gasteiger partial charge in [0.1, 0.15) is 23.9 Å². The van der Waals surface area contributed by atoms with E-state index < -0.39 is 24.1 Å². The van der Waals surface area contributed by atoms with Crippen LogP contribution >= 0.6 is 11.9 Å². The number of unbranched alkanes of at least 4 members (excludes halogenated alkanes) is 1. The number of nitrogens with two attached hydrogens (primary N) is 1. The Bertz CT molecular complexity index is 658. The van der Waals surface area contributed by atoms with E-state index in [0.717, 1.165) is 12.0 Å². The molecule has 1 rings (SSSR count). The zero-order valence-corrected chi connectivity index (χ0v) is 18.4. The summed E-state index contributed by atoms with van der Waals surface area (Å²) in [7, 11) is 0. The summed E-state index contributed by atoms with van der Waals surface area (Å²) < 4.78 is 4.25. The Morgan fingerprint density at radius 2 is 1.70 bits per heavy atom. The monoisotopic (exact) mass is 440 g/mol. The third kappa shape index (κ3) is 10.5. The topological polar surface area (TPSA) is 123 Å². The molecule has 0 saturated heterocycles. The second-order valence-corrected chi connectivity index (χ2v) is 7.72. The molecule has 0 bridgehead atoms. The SMILES string of the molecule is CC(C)CCNC(=O)[C@@H](Cc1ccccc1)NC(=O)N[C@@H](CCCCN)C(=O)OCl. The van der Waals surface area contributed by atoms with Gasteiger partial charge in [0.15, 0.2) is 0 Å². The van der Waals surface area contributed by atoms with Crippen molar-refractivity contribution in [1.29, 1.82) is 0 Å². The van der Waals surface area contributed by atoms with Crippen LogP contribution in [-0.2, 0) is 20.3 Å². The molecule has 1 aromatic carbocycles. The molecule has 168 valence electrons. The van der Waals surface area contributed by atoms with Gasteiger partial charge in [-0.05, 0) is 43.7 Å². The molecule has 8 nitrogen and oxygen atoms in total. The molecule has 0 unspecified atom stereocenters. The van der Waals surface area contributed by atoms with Gasteiger partial charge in [-0.2, -0.15) is 0 Å². The number of nitrogens with one attached hydrogen (secondary N) is 3. The second kappa shape index (κ2) is 14.6. The number of benzene rings is 1. The molecule has 2 atom stereocenters. The predicted octanol–water partition coefficient (Wildman–Crippen LogP) is 2.25. The summed E-state index contributed by atoms with van der Waals surface area (Å²) in [6.07, 6.45) is 2.81. The van der Waals surface area contributed by atoms with E-state index in [0.29, 0.717) is 44.7 Å². The maximum Gasteiger partial charge on any atom is 0.346 e. The summed E-state index contributed by atoms with van der Waals surface area (Å²) in [4.78, 5) is 37.0. The van der Waals surface area contributed by atoms with E-state index in [1.165, 1.54) is 0 Å². The second-order valence-electron chi connectivity index (χ2n) is 7.57. The highest BCUT2D eigenvalue weighted by Gasteiger charge is 2.26. The maximum atomic E-state index is 12.7. The minimum atomic E-state index is -0.921. The van der Waals surface area contributed by atoms with Crippen LogP contribution in [0.3, 0.4) is 0 Å². The molecule has 3 amide bonds. The first-order valence-electron chi connectivity index (χ1n) is 10.3. The molecular formula is C21H33ClN4O4. The van der Waals surface area contributed by atoms with Crippen LogP contribution in [0.2, 0.25) is 0 Å². The molecule has 1 aromatic rings. The fourth-order valence-corrected chi connectivity index (χ4v) is 2.93. The molecule has 5 N–H and O–H groups in total. The molecule has 0 saturated carbocycles. The van der Waals surface area contributed by atoms with Gasteiger partial charge in [-0.3, -0.25) is 4.79 Å². The summed E-state index contributed by atoms with van der Waals surface area (Å²) in [5.74, 6) is -0.593. The maximum absolute atomic E-state index is 12.7. The summed E-state index contributed by atoms with van der Waals surface area (Å²) in [5, 5.41) is 8.07. The van der Waals surface area contributed by atoms with Crippen molar-refractivity contribution < 1.29 is 18.7 Å². The Morgan fingerprint density at radius 3 is 2.30 bits per heavy atom. The fourth-order valence-electron chi connectivity index (χ4n) is 2.82. The Labute approximate surface area is 183 Å². The lowest BCUT2D eigenvalue weighted by atomic mass is 10.0. The highest BCUT2D eigenvalue weighted by molar-refractivity contribution is 6.14. The number of carbonyl (C=O) groups is 3. The minimum absolute atomic E-state index is 0.283. The van der Waals surface area contributed by atoms with E-state index in [9.17, 15) is 14.4 Å². The third-order valence-electron chi connectivity index (χ3n) is 4.54. The first kappa shape index (κ1) is 25.7. The van der Waals surface area contributed by atoms with Crippen LogP contribution in [0.5, 0.6) is 0 Å². The van der Waals surface area contributed by atoms with Crippen molar-refractivity contribution in [3.05, 3.63) is 35.9 Å². The molecule has 0 aromatic heterocycles. The highest BCUT2D eigenvalue weighted by atomic mass is 35.5. The van der Waals surface area contributed by atoms with Gasteiger partial charge in [0.05, 0.1) is 0 Å². The van der Waals surface area contributed by atoms with Crippen molar-refractivity contribution in [2.24, 2.45) is 11.7 Å². The minimum Gasteiger partial charge on any atom is -0.354 e. The average molecular weight is 441 g/mol. The van der Waals surface area contributed by atoms with Crippen LogP contribution in [0.4, 0.5) is 4.79 Å². The van der Waals surface area contributed by atoms with Crippen LogP contribution in [0, 0.1) is 5.92 Å². The molecule has 30 heavy (non-hydrogen) atoms. The van der Waals surface area contributed by atoms with Crippen LogP contribution in [0.15, 0.2) is 30.3 Å². The first-order valence-corrected chi connectivity index (χ1v) is 10.6. The molecule has 0 aliphatic carbocycles. The number of rotatable bonds is 13. The molecule has 0 fully saturated rings. The summed E-state index contributed by atoms with van der Waals surface area (Å²) in [6, 6.07) is 7.02. The normalized spacial score (nSPS) is 12.7. The van der Waals surface area contributed by atoms with Gasteiger partial charge in [-0.25, -0.2) is 9.59 Å². The zero-order valence-electron chi connectivity index (χ0n) is 17.7. The molecule has 0 spiro atoms. The summed E-state index contributed by atoms with van der Waals surface area (Å²) in [6.45, 7) is 5.13. The lowest BCUT2D eigenvalue weighted by Gasteiger charge is -2.21. The van der Waals surface area contributed by atoms with E-state index in [1.54, 1.807) is 0 Å². The van der Waals surface area contributed by atoms with Crippen molar-refractivity contribution in [3.63, 3.8) is 0 Å². The number of urea groups is 1. The van der Waals surface area contributed by atoms with Crippen molar-refractivity contribution in [1.82, 2.24) is 16.0 Å². The van der Waals surface area contributed by atoms with Gasteiger partial charge in [0, 0.05) is 13.0 Å². The van der Waals surface area contributed by atoms with E-state index in [1.807, 2.05) is 30.3 Å². The Hall–Kier alpha value is -2.32. The van der Waals surface area contributed by atoms with Crippen LogP contribution in [0.1, 0.15) is 45.1 Å². The smallest absolute Gasteiger partial charge is 0.346 e. The first-order chi connectivity index (χ1) is 14.4. The Balaban J connectivity index is 2.77. The molecule has 0 aliphatic rings. The third-order valence-corrected chi connectivity index (χ3v) is 4.69. The molecular weight excluding hydrogens is 408 g/mol. The zero-order chi connectivity index (χ0) is 22.4. The van der Waals surface area contributed by atoms with Gasteiger partial charge in [0.2, 0.25) is 5.91 Å². The largest absolute Gasteiger partial charge is 0.354 e. The van der Waals surface area contributed by atoms with Crippen molar-refractivity contribution in [2.75, 3.05) is 13.1 Å². The Morgan fingerprint density at radius 1 is 1.03 bits per heavy atom. The molecule has 0 radical (unpaired) electrons. The van der Waals surface area contributed by atoms with Gasteiger partial charge < -0.3 is 26.0 Å². The van der Waals surface area contributed by atoms with Crippen LogP contribution in [-0.4, -0.2) is 43.1 Å². The number of carbonyl (C=O) groups excluding carboxylic acids is 3. The Kier molecular flexibility index (Phi) is 12.5. The van der Waals surface area contributed by atoms with Gasteiger partial charge in [0.25, 0.3) is 0 Å². The quantitative estimate of drug-likeness (QED) is 0.350.